The smallest absolute Gasteiger partial charge is 0.248 e. The van der Waals surface area contributed by atoms with E-state index in [4.69, 9.17) is 27.9 Å². The van der Waals surface area contributed by atoms with E-state index in [0.717, 1.165) is 23.4 Å². The Morgan fingerprint density at radius 1 is 1.09 bits per heavy atom. The fourth-order valence-corrected chi connectivity index (χ4v) is 6.84. The maximum absolute atomic E-state index is 13.1. The van der Waals surface area contributed by atoms with Crippen LogP contribution in [-0.4, -0.2) is 59.5 Å². The molecule has 1 fully saturated rings. The van der Waals surface area contributed by atoms with E-state index >= 15 is 0 Å². The predicted molar refractivity (Wildman–Crippen MR) is 133 cm³/mol. The van der Waals surface area contributed by atoms with Gasteiger partial charge in [0.15, 0.2) is 0 Å². The Bertz CT molecular complexity index is 1300. The van der Waals surface area contributed by atoms with E-state index in [1.54, 1.807) is 0 Å². The second-order valence-corrected chi connectivity index (χ2v) is 12.4. The third-order valence-corrected chi connectivity index (χ3v) is 9.04. The Morgan fingerprint density at radius 2 is 1.74 bits per heavy atom. The molecule has 3 rings (SSSR count). The molecule has 0 aliphatic carbocycles. The molecule has 0 bridgehead atoms. The fourth-order valence-electron chi connectivity index (χ4n) is 3.70. The molecule has 1 amide bonds. The number of carbonyl (C=O) groups is 1. The zero-order chi connectivity index (χ0) is 25.3. The highest BCUT2D eigenvalue weighted by Gasteiger charge is 2.32. The lowest BCUT2D eigenvalue weighted by molar-refractivity contribution is -0.116. The fraction of sp³-hybridized carbons (Fsp3) is 0.381. The van der Waals surface area contributed by atoms with Crippen molar-refractivity contribution in [3.8, 4) is 5.75 Å². The summed E-state index contributed by atoms with van der Waals surface area (Å²) < 4.78 is 58.6. The average molecular weight is 550 g/mol. The van der Waals surface area contributed by atoms with Gasteiger partial charge in [0.2, 0.25) is 26.0 Å². The molecule has 9 nitrogen and oxygen atoms in total. The number of amides is 1. The lowest BCUT2D eigenvalue weighted by Gasteiger charge is -2.29. The van der Waals surface area contributed by atoms with Crippen LogP contribution >= 0.6 is 23.2 Å². The van der Waals surface area contributed by atoms with E-state index in [-0.39, 0.29) is 32.1 Å². The summed E-state index contributed by atoms with van der Waals surface area (Å²) in [7, 11) is -6.33. The van der Waals surface area contributed by atoms with E-state index in [9.17, 15) is 21.6 Å². The van der Waals surface area contributed by atoms with Crippen LogP contribution in [0.15, 0.2) is 41.3 Å². The minimum Gasteiger partial charge on any atom is -0.495 e. The van der Waals surface area contributed by atoms with Crippen molar-refractivity contribution in [2.24, 2.45) is 0 Å². The Hall–Kier alpha value is -2.05. The molecule has 1 aliphatic heterocycles. The normalized spacial score (nSPS) is 15.7. The SMILES string of the molecule is COc1ccc(S(=O)(=O)N2CCCC2)cc1NC(=O)[C@@H](C)N(c1cc(Cl)ccc1Cl)S(C)(=O)=O. The number of halogens is 2. The predicted octanol–water partition coefficient (Wildman–Crippen LogP) is 3.58. The number of carbonyl (C=O) groups excluding carboxylic acids is 1. The maximum atomic E-state index is 13.1. The lowest BCUT2D eigenvalue weighted by Crippen LogP contribution is -2.45. The van der Waals surface area contributed by atoms with Crippen LogP contribution in [0.4, 0.5) is 11.4 Å². The van der Waals surface area contributed by atoms with Gasteiger partial charge in [0, 0.05) is 18.1 Å². The Kier molecular flexibility index (Phi) is 8.03. The van der Waals surface area contributed by atoms with Gasteiger partial charge >= 0.3 is 0 Å². The lowest BCUT2D eigenvalue weighted by atomic mass is 10.2. The summed E-state index contributed by atoms with van der Waals surface area (Å²) in [6, 6.07) is 7.15. The minimum absolute atomic E-state index is 0.00370. The maximum Gasteiger partial charge on any atom is 0.248 e. The number of sulfonamides is 2. The van der Waals surface area contributed by atoms with Gasteiger partial charge in [-0.05, 0) is 56.2 Å². The number of hydrogen-bond acceptors (Lipinski definition) is 6. The third-order valence-electron chi connectivity index (χ3n) is 5.37. The highest BCUT2D eigenvalue weighted by molar-refractivity contribution is 7.92. The molecule has 186 valence electrons. The van der Waals surface area contributed by atoms with E-state index in [0.29, 0.717) is 13.1 Å². The van der Waals surface area contributed by atoms with Crippen LogP contribution in [0.2, 0.25) is 10.0 Å². The van der Waals surface area contributed by atoms with Crippen molar-refractivity contribution < 1.29 is 26.4 Å². The van der Waals surface area contributed by atoms with Crippen molar-refractivity contribution in [1.29, 1.82) is 0 Å². The largest absolute Gasteiger partial charge is 0.495 e. The zero-order valence-corrected chi connectivity index (χ0v) is 21.9. The number of ether oxygens (including phenoxy) is 1. The minimum atomic E-state index is -3.96. The Labute approximate surface area is 209 Å². The standard InChI is InChI=1S/C21H25Cl2N3O6S2/c1-14(26(33(3,28)29)19-12-15(22)6-8-17(19)23)21(27)24-18-13-16(7-9-20(18)32-2)34(30,31)25-10-4-5-11-25/h6-9,12-14H,4-5,10-11H2,1-3H3,(H,24,27)/t14-/m1/s1. The first kappa shape index (κ1) is 26.6. The summed E-state index contributed by atoms with van der Waals surface area (Å²) in [5, 5.41) is 2.92. The van der Waals surface area contributed by atoms with E-state index in [1.807, 2.05) is 0 Å². The summed E-state index contributed by atoms with van der Waals surface area (Å²) in [5.41, 5.74) is 0.127. The molecule has 1 heterocycles. The van der Waals surface area contributed by atoms with Crippen LogP contribution < -0.4 is 14.4 Å². The summed E-state index contributed by atoms with van der Waals surface area (Å²) in [6.45, 7) is 2.23. The van der Waals surface area contributed by atoms with Crippen molar-refractivity contribution in [2.45, 2.75) is 30.7 Å². The van der Waals surface area contributed by atoms with Gasteiger partial charge in [-0.2, -0.15) is 4.31 Å². The van der Waals surface area contributed by atoms with Crippen LogP contribution in [0.1, 0.15) is 19.8 Å². The van der Waals surface area contributed by atoms with Crippen molar-refractivity contribution in [3.05, 3.63) is 46.4 Å². The van der Waals surface area contributed by atoms with E-state index < -0.39 is 32.0 Å². The van der Waals surface area contributed by atoms with Crippen molar-refractivity contribution in [3.63, 3.8) is 0 Å². The summed E-state index contributed by atoms with van der Waals surface area (Å²) in [4.78, 5) is 13.1. The highest BCUT2D eigenvalue weighted by Crippen LogP contribution is 2.34. The molecule has 13 heteroatoms. The molecule has 2 aromatic carbocycles. The molecule has 0 radical (unpaired) electrons. The van der Waals surface area contributed by atoms with Crippen molar-refractivity contribution in [2.75, 3.05) is 36.1 Å². The van der Waals surface area contributed by atoms with Gasteiger partial charge in [-0.1, -0.05) is 23.2 Å². The molecule has 1 N–H and O–H groups in total. The number of anilines is 2. The summed E-state index contributed by atoms with van der Waals surface area (Å²) in [5.74, 6) is -0.511. The van der Waals surface area contributed by atoms with Crippen molar-refractivity contribution in [1.82, 2.24) is 4.31 Å². The molecular formula is C21H25Cl2N3O6S2. The van der Waals surface area contributed by atoms with Crippen LogP contribution in [-0.2, 0) is 24.8 Å². The van der Waals surface area contributed by atoms with Gasteiger partial charge in [0.05, 0.1) is 34.7 Å². The number of hydrogen-bond donors (Lipinski definition) is 1. The molecular weight excluding hydrogens is 525 g/mol. The molecule has 1 saturated heterocycles. The Morgan fingerprint density at radius 3 is 2.32 bits per heavy atom. The van der Waals surface area contributed by atoms with E-state index in [1.165, 1.54) is 54.7 Å². The van der Waals surface area contributed by atoms with Crippen LogP contribution in [0.3, 0.4) is 0 Å². The molecule has 1 aliphatic rings. The van der Waals surface area contributed by atoms with Gasteiger partial charge in [-0.25, -0.2) is 16.8 Å². The summed E-state index contributed by atoms with van der Waals surface area (Å²) >= 11 is 12.2. The number of rotatable bonds is 8. The quantitative estimate of drug-likeness (QED) is 0.538. The summed E-state index contributed by atoms with van der Waals surface area (Å²) in [6.07, 6.45) is 2.51. The number of nitrogens with zero attached hydrogens (tertiary/aromatic N) is 2. The molecule has 34 heavy (non-hydrogen) atoms. The van der Waals surface area contributed by atoms with Gasteiger partial charge in [0.25, 0.3) is 0 Å². The second-order valence-electron chi connectivity index (χ2n) is 7.79. The zero-order valence-electron chi connectivity index (χ0n) is 18.8. The van der Waals surface area contributed by atoms with E-state index in [2.05, 4.69) is 5.32 Å². The Balaban J connectivity index is 1.96. The molecule has 0 unspecified atom stereocenters. The monoisotopic (exact) mass is 549 g/mol. The molecule has 1 atom stereocenters. The molecule has 0 saturated carbocycles. The number of nitrogens with one attached hydrogen (secondary N) is 1. The van der Waals surface area contributed by atoms with Gasteiger partial charge in [0.1, 0.15) is 11.8 Å². The first-order valence-corrected chi connectivity index (χ1v) is 14.3. The van der Waals surface area contributed by atoms with Crippen LogP contribution in [0, 0.1) is 0 Å². The van der Waals surface area contributed by atoms with Crippen molar-refractivity contribution >= 4 is 60.5 Å². The van der Waals surface area contributed by atoms with Gasteiger partial charge in [-0.3, -0.25) is 9.10 Å². The number of methoxy groups -OCH3 is 1. The first-order chi connectivity index (χ1) is 15.9. The van der Waals surface area contributed by atoms with Crippen LogP contribution in [0.5, 0.6) is 5.75 Å². The van der Waals surface area contributed by atoms with Gasteiger partial charge in [-0.15, -0.1) is 0 Å². The first-order valence-electron chi connectivity index (χ1n) is 10.3. The second kappa shape index (κ2) is 10.3. The third kappa shape index (κ3) is 5.60. The molecule has 2 aromatic rings. The topological polar surface area (TPSA) is 113 Å². The number of benzene rings is 2. The molecule has 0 spiro atoms. The highest BCUT2D eigenvalue weighted by atomic mass is 35.5. The molecule has 0 aromatic heterocycles. The average Bonchev–Trinajstić information content (AvgIpc) is 3.31. The van der Waals surface area contributed by atoms with Gasteiger partial charge < -0.3 is 10.1 Å². The van der Waals surface area contributed by atoms with Crippen LogP contribution in [0.25, 0.3) is 0 Å².